The number of hydrogen-bond acceptors (Lipinski definition) is 2. The zero-order chi connectivity index (χ0) is 13.6. The molecule has 2 heteroatoms. The van der Waals surface area contributed by atoms with Crippen LogP contribution in [0.1, 0.15) is 70.6 Å². The van der Waals surface area contributed by atoms with Crippen LogP contribution in [0.4, 0.5) is 0 Å². The summed E-state index contributed by atoms with van der Waals surface area (Å²) in [5.41, 5.74) is 0. The Hall–Kier alpha value is -0.0800. The number of likely N-dealkylation sites (tertiary alicyclic amines) is 1. The van der Waals surface area contributed by atoms with E-state index in [4.69, 9.17) is 0 Å². The Morgan fingerprint density at radius 1 is 0.750 bits per heavy atom. The quantitative estimate of drug-likeness (QED) is 0.822. The lowest BCUT2D eigenvalue weighted by Gasteiger charge is -2.35. The van der Waals surface area contributed by atoms with Gasteiger partial charge in [-0.15, -0.1) is 0 Å². The molecule has 2 aliphatic carbocycles. The van der Waals surface area contributed by atoms with Crippen LogP contribution in [0, 0.1) is 11.8 Å². The van der Waals surface area contributed by atoms with E-state index in [1.807, 2.05) is 0 Å². The molecule has 0 aromatic heterocycles. The highest BCUT2D eigenvalue weighted by molar-refractivity contribution is 4.82. The number of nitrogens with one attached hydrogen (secondary N) is 1. The lowest BCUT2D eigenvalue weighted by molar-refractivity contribution is 0.161. The zero-order valence-electron chi connectivity index (χ0n) is 13.3. The minimum Gasteiger partial charge on any atom is -0.312 e. The van der Waals surface area contributed by atoms with Crippen molar-refractivity contribution in [3.8, 4) is 0 Å². The molecule has 0 spiro atoms. The summed E-state index contributed by atoms with van der Waals surface area (Å²) >= 11 is 0. The molecule has 116 valence electrons. The molecule has 1 N–H and O–H groups in total. The van der Waals surface area contributed by atoms with Gasteiger partial charge in [0.2, 0.25) is 0 Å². The van der Waals surface area contributed by atoms with Gasteiger partial charge >= 0.3 is 0 Å². The average molecular weight is 278 g/mol. The van der Waals surface area contributed by atoms with Crippen LogP contribution < -0.4 is 5.32 Å². The van der Waals surface area contributed by atoms with E-state index in [0.717, 1.165) is 17.9 Å². The molecule has 0 radical (unpaired) electrons. The molecule has 2 saturated carbocycles. The van der Waals surface area contributed by atoms with E-state index in [9.17, 15) is 0 Å². The maximum Gasteiger partial charge on any atom is 0.0195 e. The van der Waals surface area contributed by atoms with Crippen molar-refractivity contribution in [2.24, 2.45) is 11.8 Å². The first-order valence-electron chi connectivity index (χ1n) is 9.36. The predicted octanol–water partition coefficient (Wildman–Crippen LogP) is 3.81. The van der Waals surface area contributed by atoms with Crippen molar-refractivity contribution >= 4 is 0 Å². The van der Waals surface area contributed by atoms with E-state index in [-0.39, 0.29) is 0 Å². The van der Waals surface area contributed by atoms with Gasteiger partial charge in [0.05, 0.1) is 0 Å². The highest BCUT2D eigenvalue weighted by Gasteiger charge is 2.24. The molecule has 1 atom stereocenters. The summed E-state index contributed by atoms with van der Waals surface area (Å²) < 4.78 is 0. The van der Waals surface area contributed by atoms with E-state index in [2.05, 4.69) is 10.2 Å². The van der Waals surface area contributed by atoms with Crippen molar-refractivity contribution in [2.75, 3.05) is 26.2 Å². The molecule has 1 heterocycles. The maximum absolute atomic E-state index is 3.90. The van der Waals surface area contributed by atoms with Gasteiger partial charge < -0.3 is 10.2 Å². The topological polar surface area (TPSA) is 15.3 Å². The molecule has 1 saturated heterocycles. The first kappa shape index (κ1) is 14.8. The molecule has 3 aliphatic rings. The number of hydrogen-bond donors (Lipinski definition) is 1. The van der Waals surface area contributed by atoms with Gasteiger partial charge in [-0.05, 0) is 63.5 Å². The van der Waals surface area contributed by atoms with Crippen LogP contribution in [0.2, 0.25) is 0 Å². The summed E-state index contributed by atoms with van der Waals surface area (Å²) in [6, 6.07) is 0.784. The van der Waals surface area contributed by atoms with Crippen LogP contribution in [0.15, 0.2) is 0 Å². The second-order valence-electron chi connectivity index (χ2n) is 7.66. The van der Waals surface area contributed by atoms with Crippen LogP contribution in [0.5, 0.6) is 0 Å². The molecule has 20 heavy (non-hydrogen) atoms. The Balaban J connectivity index is 1.36. The first-order chi connectivity index (χ1) is 9.90. The SMILES string of the molecule is C1CCC(CNC2CCCN(CC3CCCC3)C2)CC1. The Morgan fingerprint density at radius 3 is 2.25 bits per heavy atom. The summed E-state index contributed by atoms with van der Waals surface area (Å²) in [5.74, 6) is 2.00. The first-order valence-corrected chi connectivity index (χ1v) is 9.36. The van der Waals surface area contributed by atoms with Gasteiger partial charge in [-0.3, -0.25) is 0 Å². The maximum atomic E-state index is 3.90. The standard InChI is InChI=1S/C18H34N2/c1-2-7-16(8-3-1)13-19-18-11-6-12-20(15-18)14-17-9-4-5-10-17/h16-19H,1-15H2. The van der Waals surface area contributed by atoms with E-state index in [0.29, 0.717) is 0 Å². The zero-order valence-corrected chi connectivity index (χ0v) is 13.3. The van der Waals surface area contributed by atoms with Gasteiger partial charge in [0.15, 0.2) is 0 Å². The summed E-state index contributed by atoms with van der Waals surface area (Å²) in [6.07, 6.45) is 16.2. The lowest BCUT2D eigenvalue weighted by atomic mass is 9.89. The predicted molar refractivity (Wildman–Crippen MR) is 86.0 cm³/mol. The second-order valence-corrected chi connectivity index (χ2v) is 7.66. The number of piperidine rings is 1. The van der Waals surface area contributed by atoms with Gasteiger partial charge in [-0.2, -0.15) is 0 Å². The molecule has 0 bridgehead atoms. The smallest absolute Gasteiger partial charge is 0.0195 e. The third-order valence-corrected chi connectivity index (χ3v) is 5.92. The van der Waals surface area contributed by atoms with Crippen LogP contribution >= 0.6 is 0 Å². The highest BCUT2D eigenvalue weighted by Crippen LogP contribution is 2.27. The highest BCUT2D eigenvalue weighted by atomic mass is 15.2. The summed E-state index contributed by atoms with van der Waals surface area (Å²) in [6.45, 7) is 5.37. The van der Waals surface area contributed by atoms with Crippen molar-refractivity contribution in [1.29, 1.82) is 0 Å². The number of nitrogens with zero attached hydrogens (tertiary/aromatic N) is 1. The molecular formula is C18H34N2. The second kappa shape index (κ2) is 7.79. The van der Waals surface area contributed by atoms with Gasteiger partial charge in [-0.25, -0.2) is 0 Å². The van der Waals surface area contributed by atoms with Crippen molar-refractivity contribution in [3.05, 3.63) is 0 Å². The van der Waals surface area contributed by atoms with E-state index < -0.39 is 0 Å². The molecular weight excluding hydrogens is 244 g/mol. The van der Waals surface area contributed by atoms with Gasteiger partial charge in [0.1, 0.15) is 0 Å². The van der Waals surface area contributed by atoms with E-state index in [1.165, 1.54) is 96.8 Å². The van der Waals surface area contributed by atoms with Crippen LogP contribution in [0.25, 0.3) is 0 Å². The van der Waals surface area contributed by atoms with Gasteiger partial charge in [0.25, 0.3) is 0 Å². The van der Waals surface area contributed by atoms with Gasteiger partial charge in [0, 0.05) is 19.1 Å². The van der Waals surface area contributed by atoms with E-state index in [1.54, 1.807) is 0 Å². The van der Waals surface area contributed by atoms with Crippen molar-refractivity contribution in [2.45, 2.75) is 76.7 Å². The summed E-state index contributed by atoms with van der Waals surface area (Å²) in [5, 5.41) is 3.90. The molecule has 3 rings (SSSR count). The number of rotatable bonds is 5. The molecule has 0 aromatic carbocycles. The molecule has 0 aromatic rings. The molecule has 0 amide bonds. The summed E-state index contributed by atoms with van der Waals surface area (Å²) in [4.78, 5) is 2.76. The fraction of sp³-hybridized carbons (Fsp3) is 1.00. The normalized spacial score (nSPS) is 30.9. The fourth-order valence-electron chi connectivity index (χ4n) is 4.67. The van der Waals surface area contributed by atoms with Crippen molar-refractivity contribution in [1.82, 2.24) is 10.2 Å². The summed E-state index contributed by atoms with van der Waals surface area (Å²) in [7, 11) is 0. The van der Waals surface area contributed by atoms with Crippen LogP contribution in [-0.4, -0.2) is 37.1 Å². The molecule has 2 nitrogen and oxygen atoms in total. The molecule has 3 fully saturated rings. The Labute approximate surface area is 125 Å². The average Bonchev–Trinajstić information content (AvgIpc) is 3.00. The van der Waals surface area contributed by atoms with Gasteiger partial charge in [-0.1, -0.05) is 32.1 Å². The Kier molecular flexibility index (Phi) is 5.78. The largest absolute Gasteiger partial charge is 0.312 e. The van der Waals surface area contributed by atoms with Crippen molar-refractivity contribution in [3.63, 3.8) is 0 Å². The fourth-order valence-corrected chi connectivity index (χ4v) is 4.67. The lowest BCUT2D eigenvalue weighted by Crippen LogP contribution is -2.48. The Morgan fingerprint density at radius 2 is 1.45 bits per heavy atom. The van der Waals surface area contributed by atoms with Crippen LogP contribution in [0.3, 0.4) is 0 Å². The Bertz CT molecular complexity index is 267. The van der Waals surface area contributed by atoms with E-state index >= 15 is 0 Å². The molecule has 1 unspecified atom stereocenters. The van der Waals surface area contributed by atoms with Crippen LogP contribution in [-0.2, 0) is 0 Å². The molecule has 1 aliphatic heterocycles. The minimum absolute atomic E-state index is 0.784. The third-order valence-electron chi connectivity index (χ3n) is 5.92. The minimum atomic E-state index is 0.784. The van der Waals surface area contributed by atoms with Crippen molar-refractivity contribution < 1.29 is 0 Å². The third kappa shape index (κ3) is 4.46. The monoisotopic (exact) mass is 278 g/mol.